The van der Waals surface area contributed by atoms with E-state index in [-0.39, 0.29) is 17.1 Å². The third kappa shape index (κ3) is 4.36. The molecule has 0 saturated carbocycles. The number of aromatic nitrogens is 2. The maximum absolute atomic E-state index is 13.1. The first-order chi connectivity index (χ1) is 14.0. The zero-order valence-corrected chi connectivity index (χ0v) is 16.5. The standard InChI is InChI=1S/C23H24FN3O2/c1-23(22-25-21(29-26-22)18-9-11-19(24)12-10-18)14-5-15-27(16-23)20(28)13-8-17-6-3-2-4-7-17/h2-4,6-7,9-12H,5,8,13-16H2,1H3. The summed E-state index contributed by atoms with van der Waals surface area (Å²) in [6.45, 7) is 3.40. The minimum Gasteiger partial charge on any atom is -0.342 e. The lowest BCUT2D eigenvalue weighted by molar-refractivity contribution is -0.133. The monoisotopic (exact) mass is 393 g/mol. The summed E-state index contributed by atoms with van der Waals surface area (Å²) in [5.74, 6) is 0.811. The van der Waals surface area contributed by atoms with Gasteiger partial charge in [-0.05, 0) is 49.1 Å². The number of hydrogen-bond acceptors (Lipinski definition) is 4. The highest BCUT2D eigenvalue weighted by Gasteiger charge is 2.38. The predicted octanol–water partition coefficient (Wildman–Crippen LogP) is 4.39. The van der Waals surface area contributed by atoms with Gasteiger partial charge in [-0.15, -0.1) is 0 Å². The molecule has 1 aliphatic rings. The molecule has 0 N–H and O–H groups in total. The van der Waals surface area contributed by atoms with Crippen molar-refractivity contribution in [3.63, 3.8) is 0 Å². The minimum atomic E-state index is -0.359. The number of rotatable bonds is 5. The normalized spacial score (nSPS) is 19.3. The summed E-state index contributed by atoms with van der Waals surface area (Å²) in [6.07, 6.45) is 3.02. The molecule has 150 valence electrons. The van der Waals surface area contributed by atoms with E-state index in [4.69, 9.17) is 4.52 Å². The van der Waals surface area contributed by atoms with Gasteiger partial charge in [0, 0.05) is 30.5 Å². The van der Waals surface area contributed by atoms with Gasteiger partial charge in [-0.2, -0.15) is 4.98 Å². The van der Waals surface area contributed by atoms with Crippen molar-refractivity contribution in [3.8, 4) is 11.5 Å². The lowest BCUT2D eigenvalue weighted by Crippen LogP contribution is -2.47. The molecule has 1 fully saturated rings. The summed E-state index contributed by atoms with van der Waals surface area (Å²) >= 11 is 0. The summed E-state index contributed by atoms with van der Waals surface area (Å²) in [4.78, 5) is 19.2. The quantitative estimate of drug-likeness (QED) is 0.645. The first-order valence-electron chi connectivity index (χ1n) is 9.95. The number of piperidine rings is 1. The van der Waals surface area contributed by atoms with Gasteiger partial charge < -0.3 is 9.42 Å². The Morgan fingerprint density at radius 3 is 2.69 bits per heavy atom. The fourth-order valence-electron chi connectivity index (χ4n) is 3.87. The van der Waals surface area contributed by atoms with E-state index in [2.05, 4.69) is 17.1 Å². The molecule has 1 amide bonds. The van der Waals surface area contributed by atoms with E-state index in [1.807, 2.05) is 35.2 Å². The molecule has 4 rings (SSSR count). The van der Waals surface area contributed by atoms with Gasteiger partial charge in [0.15, 0.2) is 5.82 Å². The van der Waals surface area contributed by atoms with E-state index >= 15 is 0 Å². The van der Waals surface area contributed by atoms with Crippen molar-refractivity contribution in [3.05, 3.63) is 71.8 Å². The van der Waals surface area contributed by atoms with Gasteiger partial charge in [-0.1, -0.05) is 42.4 Å². The number of amides is 1. The van der Waals surface area contributed by atoms with Gasteiger partial charge in [0.05, 0.1) is 0 Å². The van der Waals surface area contributed by atoms with Crippen molar-refractivity contribution in [1.82, 2.24) is 15.0 Å². The molecular formula is C23H24FN3O2. The highest BCUT2D eigenvalue weighted by atomic mass is 19.1. The van der Waals surface area contributed by atoms with E-state index in [1.165, 1.54) is 17.7 Å². The average Bonchev–Trinajstić information content (AvgIpc) is 3.25. The van der Waals surface area contributed by atoms with Crippen LogP contribution in [0.3, 0.4) is 0 Å². The third-order valence-corrected chi connectivity index (χ3v) is 5.58. The number of halogens is 1. The molecule has 1 aromatic heterocycles. The Hall–Kier alpha value is -3.02. The molecule has 1 unspecified atom stereocenters. The van der Waals surface area contributed by atoms with E-state index in [9.17, 15) is 9.18 Å². The molecule has 2 heterocycles. The second-order valence-corrected chi connectivity index (χ2v) is 7.90. The van der Waals surface area contributed by atoms with E-state index in [0.29, 0.717) is 30.2 Å². The molecular weight excluding hydrogens is 369 g/mol. The van der Waals surface area contributed by atoms with Crippen molar-refractivity contribution >= 4 is 5.91 Å². The summed E-state index contributed by atoms with van der Waals surface area (Å²) in [6, 6.07) is 16.0. The van der Waals surface area contributed by atoms with E-state index in [0.717, 1.165) is 25.8 Å². The lowest BCUT2D eigenvalue weighted by Gasteiger charge is -2.38. The second kappa shape index (κ2) is 8.15. The summed E-state index contributed by atoms with van der Waals surface area (Å²) < 4.78 is 18.6. The fraction of sp³-hybridized carbons (Fsp3) is 0.348. The molecule has 29 heavy (non-hydrogen) atoms. The van der Waals surface area contributed by atoms with Crippen molar-refractivity contribution in [2.75, 3.05) is 13.1 Å². The molecule has 3 aromatic rings. The summed E-state index contributed by atoms with van der Waals surface area (Å²) in [5.41, 5.74) is 1.49. The maximum atomic E-state index is 13.1. The van der Waals surface area contributed by atoms with Crippen molar-refractivity contribution in [2.45, 2.75) is 38.0 Å². The Labute approximate surface area is 169 Å². The minimum absolute atomic E-state index is 0.155. The van der Waals surface area contributed by atoms with Crippen LogP contribution in [-0.2, 0) is 16.6 Å². The van der Waals surface area contributed by atoms with Crippen LogP contribution in [0, 0.1) is 5.82 Å². The highest BCUT2D eigenvalue weighted by molar-refractivity contribution is 5.76. The second-order valence-electron chi connectivity index (χ2n) is 7.90. The number of likely N-dealkylation sites (tertiary alicyclic amines) is 1. The van der Waals surface area contributed by atoms with Crippen LogP contribution < -0.4 is 0 Å². The van der Waals surface area contributed by atoms with Crippen LogP contribution in [0.15, 0.2) is 59.1 Å². The van der Waals surface area contributed by atoms with Crippen LogP contribution in [0.2, 0.25) is 0 Å². The zero-order valence-electron chi connectivity index (χ0n) is 16.5. The lowest BCUT2D eigenvalue weighted by atomic mass is 9.81. The third-order valence-electron chi connectivity index (χ3n) is 5.58. The van der Waals surface area contributed by atoms with Gasteiger partial charge in [0.2, 0.25) is 5.91 Å². The molecule has 1 saturated heterocycles. The molecule has 0 bridgehead atoms. The first kappa shape index (κ1) is 19.3. The smallest absolute Gasteiger partial charge is 0.257 e. The van der Waals surface area contributed by atoms with E-state index < -0.39 is 0 Å². The molecule has 0 aliphatic carbocycles. The number of carbonyl (C=O) groups is 1. The number of aryl methyl sites for hydroxylation is 1. The fourth-order valence-corrected chi connectivity index (χ4v) is 3.87. The van der Waals surface area contributed by atoms with Crippen molar-refractivity contribution in [1.29, 1.82) is 0 Å². The largest absolute Gasteiger partial charge is 0.342 e. The van der Waals surface area contributed by atoms with Crippen LogP contribution in [-0.4, -0.2) is 34.0 Å². The van der Waals surface area contributed by atoms with Gasteiger partial charge in [0.1, 0.15) is 5.82 Å². The Bertz CT molecular complexity index is 971. The molecule has 1 atom stereocenters. The topological polar surface area (TPSA) is 59.2 Å². The van der Waals surface area contributed by atoms with Crippen molar-refractivity contribution < 1.29 is 13.7 Å². The zero-order chi connectivity index (χ0) is 20.3. The Balaban J connectivity index is 1.44. The van der Waals surface area contributed by atoms with Gasteiger partial charge in [-0.25, -0.2) is 4.39 Å². The Morgan fingerprint density at radius 1 is 1.17 bits per heavy atom. The number of benzene rings is 2. The molecule has 0 spiro atoms. The SMILES string of the molecule is CC1(c2noc(-c3ccc(F)cc3)n2)CCCN(C(=O)CCc2ccccc2)C1. The first-order valence-corrected chi connectivity index (χ1v) is 9.95. The predicted molar refractivity (Wildman–Crippen MR) is 108 cm³/mol. The van der Waals surface area contributed by atoms with E-state index in [1.54, 1.807) is 12.1 Å². The number of carbonyl (C=O) groups excluding carboxylic acids is 1. The molecule has 0 radical (unpaired) electrons. The Morgan fingerprint density at radius 2 is 1.93 bits per heavy atom. The van der Waals surface area contributed by atoms with Crippen LogP contribution >= 0.6 is 0 Å². The number of nitrogens with zero attached hydrogens (tertiary/aromatic N) is 3. The molecule has 2 aromatic carbocycles. The number of hydrogen-bond donors (Lipinski definition) is 0. The van der Waals surface area contributed by atoms with Crippen molar-refractivity contribution in [2.24, 2.45) is 0 Å². The Kier molecular flexibility index (Phi) is 5.43. The van der Waals surface area contributed by atoms with Gasteiger partial charge >= 0.3 is 0 Å². The van der Waals surface area contributed by atoms with Crippen LogP contribution in [0.4, 0.5) is 4.39 Å². The van der Waals surface area contributed by atoms with Crippen LogP contribution in [0.25, 0.3) is 11.5 Å². The van der Waals surface area contributed by atoms with Gasteiger partial charge in [0.25, 0.3) is 5.89 Å². The molecule has 5 nitrogen and oxygen atoms in total. The van der Waals surface area contributed by atoms with Gasteiger partial charge in [-0.3, -0.25) is 4.79 Å². The van der Waals surface area contributed by atoms with Crippen LogP contribution in [0.1, 0.15) is 37.6 Å². The molecule has 1 aliphatic heterocycles. The average molecular weight is 393 g/mol. The summed E-state index contributed by atoms with van der Waals surface area (Å²) in [7, 11) is 0. The van der Waals surface area contributed by atoms with Crippen LogP contribution in [0.5, 0.6) is 0 Å². The highest BCUT2D eigenvalue weighted by Crippen LogP contribution is 2.33. The molecule has 6 heteroatoms. The summed E-state index contributed by atoms with van der Waals surface area (Å²) in [5, 5.41) is 4.18. The maximum Gasteiger partial charge on any atom is 0.257 e.